The van der Waals surface area contributed by atoms with Gasteiger partial charge in [0.05, 0.1) is 0 Å². The first-order valence-corrected chi connectivity index (χ1v) is 4.90. The van der Waals surface area contributed by atoms with Crippen molar-refractivity contribution in [2.45, 2.75) is 18.9 Å². The van der Waals surface area contributed by atoms with Crippen LogP contribution in [-0.4, -0.2) is 24.1 Å². The van der Waals surface area contributed by atoms with Crippen LogP contribution in [0.3, 0.4) is 0 Å². The molecule has 0 saturated heterocycles. The van der Waals surface area contributed by atoms with E-state index in [2.05, 4.69) is 4.98 Å². The maximum absolute atomic E-state index is 13.4. The molecular formula is C10H14FN3. The first-order valence-electron chi connectivity index (χ1n) is 4.90. The summed E-state index contributed by atoms with van der Waals surface area (Å²) in [5.41, 5.74) is 5.49. The molecule has 0 atom stereocenters. The fourth-order valence-electron chi connectivity index (χ4n) is 1.58. The molecule has 2 rings (SSSR count). The zero-order valence-electron chi connectivity index (χ0n) is 7.99. The highest BCUT2D eigenvalue weighted by atomic mass is 19.1. The molecule has 1 aromatic heterocycles. The van der Waals surface area contributed by atoms with E-state index in [1.54, 1.807) is 12.3 Å². The summed E-state index contributed by atoms with van der Waals surface area (Å²) in [5, 5.41) is 0. The fourth-order valence-corrected chi connectivity index (χ4v) is 1.58. The second kappa shape index (κ2) is 3.92. The minimum atomic E-state index is -0.257. The number of rotatable bonds is 4. The van der Waals surface area contributed by atoms with E-state index in [0.717, 1.165) is 12.8 Å². The van der Waals surface area contributed by atoms with Crippen LogP contribution in [0.15, 0.2) is 18.3 Å². The number of hydrogen-bond donors (Lipinski definition) is 1. The SMILES string of the molecule is NCCN(c1ncccc1F)C1CC1. The van der Waals surface area contributed by atoms with Crippen LogP contribution in [0.5, 0.6) is 0 Å². The van der Waals surface area contributed by atoms with Crippen LogP contribution in [-0.2, 0) is 0 Å². The Bertz CT molecular complexity index is 312. The van der Waals surface area contributed by atoms with Crippen LogP contribution >= 0.6 is 0 Å². The summed E-state index contributed by atoms with van der Waals surface area (Å²) in [5.74, 6) is 0.188. The molecule has 1 fully saturated rings. The standard InChI is InChI=1S/C10H14FN3/c11-9-2-1-6-13-10(9)14(7-5-12)8-3-4-8/h1-2,6,8H,3-5,7,12H2. The number of hydrogen-bond acceptors (Lipinski definition) is 3. The first kappa shape index (κ1) is 9.40. The van der Waals surface area contributed by atoms with Gasteiger partial charge in [0.2, 0.25) is 0 Å². The second-order valence-electron chi connectivity index (χ2n) is 3.52. The summed E-state index contributed by atoms with van der Waals surface area (Å²) >= 11 is 0. The van der Waals surface area contributed by atoms with Crippen molar-refractivity contribution in [3.05, 3.63) is 24.1 Å². The molecule has 1 aromatic rings. The molecule has 0 unspecified atom stereocenters. The number of nitrogens with two attached hydrogens (primary N) is 1. The van der Waals surface area contributed by atoms with Crippen LogP contribution in [0.25, 0.3) is 0 Å². The summed E-state index contributed by atoms with van der Waals surface area (Å²) < 4.78 is 13.4. The molecule has 76 valence electrons. The van der Waals surface area contributed by atoms with Crippen LogP contribution in [0.4, 0.5) is 10.2 Å². The molecule has 0 amide bonds. The Hall–Kier alpha value is -1.16. The Morgan fingerprint density at radius 2 is 2.36 bits per heavy atom. The Kier molecular flexibility index (Phi) is 2.63. The Labute approximate surface area is 82.7 Å². The number of pyridine rings is 1. The maximum Gasteiger partial charge on any atom is 0.165 e. The predicted octanol–water partition coefficient (Wildman–Crippen LogP) is 1.15. The number of aromatic nitrogens is 1. The minimum absolute atomic E-state index is 0.257. The first-order chi connectivity index (χ1) is 6.83. The van der Waals surface area contributed by atoms with E-state index in [-0.39, 0.29) is 5.82 Å². The monoisotopic (exact) mass is 195 g/mol. The van der Waals surface area contributed by atoms with Crippen LogP contribution in [0.2, 0.25) is 0 Å². The summed E-state index contributed by atoms with van der Waals surface area (Å²) in [7, 11) is 0. The van der Waals surface area contributed by atoms with Crippen LogP contribution < -0.4 is 10.6 Å². The molecule has 1 heterocycles. The minimum Gasteiger partial charge on any atom is -0.350 e. The van der Waals surface area contributed by atoms with Gasteiger partial charge in [-0.1, -0.05) is 0 Å². The van der Waals surface area contributed by atoms with Gasteiger partial charge in [-0.15, -0.1) is 0 Å². The van der Waals surface area contributed by atoms with Gasteiger partial charge in [-0.2, -0.15) is 0 Å². The molecule has 3 nitrogen and oxygen atoms in total. The summed E-state index contributed by atoms with van der Waals surface area (Å²) in [6.45, 7) is 1.21. The molecule has 14 heavy (non-hydrogen) atoms. The lowest BCUT2D eigenvalue weighted by molar-refractivity contribution is 0.607. The third-order valence-corrected chi connectivity index (χ3v) is 2.37. The predicted molar refractivity (Wildman–Crippen MR) is 53.6 cm³/mol. The van der Waals surface area contributed by atoms with Gasteiger partial charge in [0.25, 0.3) is 0 Å². The quantitative estimate of drug-likeness (QED) is 0.783. The molecule has 0 bridgehead atoms. The van der Waals surface area contributed by atoms with Gasteiger partial charge >= 0.3 is 0 Å². The average molecular weight is 195 g/mol. The molecule has 0 spiro atoms. The van der Waals surface area contributed by atoms with Gasteiger partial charge in [0.15, 0.2) is 11.6 Å². The molecular weight excluding hydrogens is 181 g/mol. The van der Waals surface area contributed by atoms with E-state index in [1.807, 2.05) is 4.90 Å². The van der Waals surface area contributed by atoms with Crippen molar-refractivity contribution in [3.63, 3.8) is 0 Å². The largest absolute Gasteiger partial charge is 0.350 e. The molecule has 1 aliphatic rings. The maximum atomic E-state index is 13.4. The third-order valence-electron chi connectivity index (χ3n) is 2.37. The molecule has 4 heteroatoms. The third kappa shape index (κ3) is 1.85. The van der Waals surface area contributed by atoms with Gasteiger partial charge in [0.1, 0.15) is 0 Å². The molecule has 0 aliphatic heterocycles. The molecule has 1 aliphatic carbocycles. The van der Waals surface area contributed by atoms with Gasteiger partial charge < -0.3 is 10.6 Å². The summed E-state index contributed by atoms with van der Waals surface area (Å²) in [6.07, 6.45) is 3.86. The number of nitrogens with zero attached hydrogens (tertiary/aromatic N) is 2. The van der Waals surface area contributed by atoms with Crippen molar-refractivity contribution in [1.82, 2.24) is 4.98 Å². The highest BCUT2D eigenvalue weighted by molar-refractivity contribution is 5.42. The molecule has 2 N–H and O–H groups in total. The van der Waals surface area contributed by atoms with Gasteiger partial charge in [-0.3, -0.25) is 0 Å². The lowest BCUT2D eigenvalue weighted by atomic mass is 10.3. The van der Waals surface area contributed by atoms with Crippen molar-refractivity contribution in [3.8, 4) is 0 Å². The van der Waals surface area contributed by atoms with E-state index in [9.17, 15) is 4.39 Å². The Morgan fingerprint density at radius 1 is 1.57 bits per heavy atom. The van der Waals surface area contributed by atoms with E-state index >= 15 is 0 Å². The van der Waals surface area contributed by atoms with Gasteiger partial charge in [-0.05, 0) is 25.0 Å². The second-order valence-corrected chi connectivity index (χ2v) is 3.52. The Balaban J connectivity index is 2.21. The normalized spacial score (nSPS) is 15.6. The topological polar surface area (TPSA) is 42.1 Å². The van der Waals surface area contributed by atoms with Crippen LogP contribution in [0, 0.1) is 5.82 Å². The number of anilines is 1. The average Bonchev–Trinajstić information content (AvgIpc) is 2.99. The van der Waals surface area contributed by atoms with E-state index in [1.165, 1.54) is 6.07 Å². The van der Waals surface area contributed by atoms with E-state index in [0.29, 0.717) is 24.9 Å². The van der Waals surface area contributed by atoms with Gasteiger partial charge in [0, 0.05) is 25.3 Å². The Morgan fingerprint density at radius 3 is 2.93 bits per heavy atom. The van der Waals surface area contributed by atoms with Gasteiger partial charge in [-0.25, -0.2) is 9.37 Å². The summed E-state index contributed by atoms with van der Waals surface area (Å²) in [4.78, 5) is 6.02. The van der Waals surface area contributed by atoms with E-state index < -0.39 is 0 Å². The summed E-state index contributed by atoms with van der Waals surface area (Å²) in [6, 6.07) is 3.49. The van der Waals surface area contributed by atoms with Crippen molar-refractivity contribution < 1.29 is 4.39 Å². The molecule has 0 aromatic carbocycles. The lowest BCUT2D eigenvalue weighted by Crippen LogP contribution is -2.32. The molecule has 0 radical (unpaired) electrons. The van der Waals surface area contributed by atoms with Crippen molar-refractivity contribution in [1.29, 1.82) is 0 Å². The zero-order chi connectivity index (χ0) is 9.97. The smallest absolute Gasteiger partial charge is 0.165 e. The van der Waals surface area contributed by atoms with Crippen LogP contribution in [0.1, 0.15) is 12.8 Å². The highest BCUT2D eigenvalue weighted by Crippen LogP contribution is 2.31. The highest BCUT2D eigenvalue weighted by Gasteiger charge is 2.30. The lowest BCUT2D eigenvalue weighted by Gasteiger charge is -2.22. The van der Waals surface area contributed by atoms with Crippen molar-refractivity contribution >= 4 is 5.82 Å². The van der Waals surface area contributed by atoms with Crippen molar-refractivity contribution in [2.75, 3.05) is 18.0 Å². The molecule has 1 saturated carbocycles. The van der Waals surface area contributed by atoms with E-state index in [4.69, 9.17) is 5.73 Å². The fraction of sp³-hybridized carbons (Fsp3) is 0.500. The number of halogens is 1. The zero-order valence-corrected chi connectivity index (χ0v) is 7.99. The van der Waals surface area contributed by atoms with Crippen molar-refractivity contribution in [2.24, 2.45) is 5.73 Å².